The van der Waals surface area contributed by atoms with E-state index in [9.17, 15) is 0 Å². The van der Waals surface area contributed by atoms with Crippen molar-refractivity contribution >= 4 is 17.1 Å². The van der Waals surface area contributed by atoms with E-state index < -0.39 is 0 Å². The Morgan fingerprint density at radius 3 is 2.29 bits per heavy atom. The number of anilines is 3. The third kappa shape index (κ3) is 3.32. The highest BCUT2D eigenvalue weighted by atomic mass is 15.1. The van der Waals surface area contributed by atoms with Crippen LogP contribution in [0.5, 0.6) is 0 Å². The average Bonchev–Trinajstić information content (AvgIpc) is 2.57. The Morgan fingerprint density at radius 2 is 1.67 bits per heavy atom. The summed E-state index contributed by atoms with van der Waals surface area (Å²) in [6, 6.07) is 14.1. The third-order valence-electron chi connectivity index (χ3n) is 3.76. The van der Waals surface area contributed by atoms with Crippen molar-refractivity contribution < 1.29 is 0 Å². The van der Waals surface area contributed by atoms with Gasteiger partial charge < -0.3 is 10.2 Å². The van der Waals surface area contributed by atoms with E-state index in [4.69, 9.17) is 5.26 Å². The molecule has 2 heterocycles. The Hall–Kier alpha value is -2.54. The SMILES string of the molecule is N#Cc1ccc(Nc2ccc(N3CCCCC3)cc2)cn1. The van der Waals surface area contributed by atoms with Crippen molar-refractivity contribution in [1.29, 1.82) is 5.26 Å². The average molecular weight is 278 g/mol. The number of hydrogen-bond donors (Lipinski definition) is 1. The summed E-state index contributed by atoms with van der Waals surface area (Å²) in [6.45, 7) is 2.32. The Balaban J connectivity index is 1.67. The van der Waals surface area contributed by atoms with E-state index >= 15 is 0 Å². The van der Waals surface area contributed by atoms with E-state index in [1.54, 1.807) is 12.3 Å². The summed E-state index contributed by atoms with van der Waals surface area (Å²) in [6.07, 6.45) is 5.60. The number of nitriles is 1. The standard InChI is InChI=1S/C17H18N4/c18-12-15-4-5-16(13-19-15)20-14-6-8-17(9-7-14)21-10-2-1-3-11-21/h4-9,13,20H,1-3,10-11H2. The number of pyridine rings is 1. The van der Waals surface area contributed by atoms with Gasteiger partial charge in [0.05, 0.1) is 11.9 Å². The molecular weight excluding hydrogens is 260 g/mol. The lowest BCUT2D eigenvalue weighted by Gasteiger charge is -2.28. The topological polar surface area (TPSA) is 52.0 Å². The highest BCUT2D eigenvalue weighted by molar-refractivity contribution is 5.62. The van der Waals surface area contributed by atoms with E-state index in [0.717, 1.165) is 24.5 Å². The van der Waals surface area contributed by atoms with E-state index in [-0.39, 0.29) is 0 Å². The highest BCUT2D eigenvalue weighted by Gasteiger charge is 2.10. The molecule has 0 aliphatic carbocycles. The Kier molecular flexibility index (Phi) is 4.02. The second kappa shape index (κ2) is 6.27. The van der Waals surface area contributed by atoms with Gasteiger partial charge in [-0.15, -0.1) is 0 Å². The number of piperidine rings is 1. The maximum absolute atomic E-state index is 8.74. The molecule has 1 fully saturated rings. The van der Waals surface area contributed by atoms with Crippen LogP contribution in [-0.2, 0) is 0 Å². The van der Waals surface area contributed by atoms with E-state index in [1.807, 2.05) is 12.1 Å². The van der Waals surface area contributed by atoms with Gasteiger partial charge in [0.2, 0.25) is 0 Å². The number of hydrogen-bond acceptors (Lipinski definition) is 4. The first-order valence-corrected chi connectivity index (χ1v) is 7.33. The van der Waals surface area contributed by atoms with Gasteiger partial charge in [0.1, 0.15) is 11.8 Å². The number of aromatic nitrogens is 1. The molecule has 1 aliphatic heterocycles. The zero-order valence-electron chi connectivity index (χ0n) is 11.9. The fourth-order valence-corrected chi connectivity index (χ4v) is 2.61. The quantitative estimate of drug-likeness (QED) is 0.930. The van der Waals surface area contributed by atoms with Gasteiger partial charge in [0.25, 0.3) is 0 Å². The van der Waals surface area contributed by atoms with Gasteiger partial charge in [0, 0.05) is 24.5 Å². The first-order chi connectivity index (χ1) is 10.3. The summed E-state index contributed by atoms with van der Waals surface area (Å²) in [4.78, 5) is 6.49. The van der Waals surface area contributed by atoms with Crippen LogP contribution in [-0.4, -0.2) is 18.1 Å². The van der Waals surface area contributed by atoms with E-state index in [2.05, 4.69) is 39.5 Å². The fourth-order valence-electron chi connectivity index (χ4n) is 2.61. The molecule has 0 spiro atoms. The molecule has 0 saturated carbocycles. The van der Waals surface area contributed by atoms with Crippen molar-refractivity contribution in [2.75, 3.05) is 23.3 Å². The first kappa shape index (κ1) is 13.4. The number of nitrogens with one attached hydrogen (secondary N) is 1. The molecular formula is C17H18N4. The molecule has 3 rings (SSSR count). The van der Waals surface area contributed by atoms with Crippen LogP contribution in [0.1, 0.15) is 25.0 Å². The Bertz CT molecular complexity index is 619. The first-order valence-electron chi connectivity index (χ1n) is 7.33. The summed E-state index contributed by atoms with van der Waals surface area (Å²) < 4.78 is 0. The van der Waals surface area contributed by atoms with Gasteiger partial charge in [-0.25, -0.2) is 4.98 Å². The summed E-state index contributed by atoms with van der Waals surface area (Å²) in [5.74, 6) is 0. The van der Waals surface area contributed by atoms with Crippen LogP contribution in [0.15, 0.2) is 42.6 Å². The summed E-state index contributed by atoms with van der Waals surface area (Å²) in [5, 5.41) is 12.0. The Labute approximate surface area is 125 Å². The number of rotatable bonds is 3. The number of nitrogens with zero attached hydrogens (tertiary/aromatic N) is 3. The zero-order chi connectivity index (χ0) is 14.5. The zero-order valence-corrected chi connectivity index (χ0v) is 11.9. The van der Waals surface area contributed by atoms with Gasteiger partial charge in [-0.2, -0.15) is 5.26 Å². The monoisotopic (exact) mass is 278 g/mol. The molecule has 0 radical (unpaired) electrons. The van der Waals surface area contributed by atoms with Crippen molar-refractivity contribution in [2.45, 2.75) is 19.3 Å². The van der Waals surface area contributed by atoms with Crippen LogP contribution >= 0.6 is 0 Å². The van der Waals surface area contributed by atoms with Gasteiger partial charge >= 0.3 is 0 Å². The molecule has 1 aromatic heterocycles. The minimum absolute atomic E-state index is 0.431. The predicted octanol–water partition coefficient (Wildman–Crippen LogP) is 3.69. The molecule has 0 atom stereocenters. The maximum Gasteiger partial charge on any atom is 0.140 e. The third-order valence-corrected chi connectivity index (χ3v) is 3.76. The normalized spacial score (nSPS) is 14.5. The lowest BCUT2D eigenvalue weighted by molar-refractivity contribution is 0.578. The molecule has 21 heavy (non-hydrogen) atoms. The molecule has 1 saturated heterocycles. The summed E-state index contributed by atoms with van der Waals surface area (Å²) in [7, 11) is 0. The summed E-state index contributed by atoms with van der Waals surface area (Å²) in [5.41, 5.74) is 3.64. The molecule has 1 N–H and O–H groups in total. The lowest BCUT2D eigenvalue weighted by Crippen LogP contribution is -2.29. The van der Waals surface area contributed by atoms with E-state index in [1.165, 1.54) is 24.9 Å². The molecule has 1 aromatic carbocycles. The molecule has 4 nitrogen and oxygen atoms in total. The second-order valence-corrected chi connectivity index (χ2v) is 5.26. The van der Waals surface area contributed by atoms with Gasteiger partial charge in [0.15, 0.2) is 0 Å². The maximum atomic E-state index is 8.74. The number of benzene rings is 1. The second-order valence-electron chi connectivity index (χ2n) is 5.26. The summed E-state index contributed by atoms with van der Waals surface area (Å²) >= 11 is 0. The van der Waals surface area contributed by atoms with Crippen molar-refractivity contribution in [1.82, 2.24) is 4.98 Å². The van der Waals surface area contributed by atoms with Crippen molar-refractivity contribution in [3.05, 3.63) is 48.3 Å². The van der Waals surface area contributed by atoms with Crippen LogP contribution < -0.4 is 10.2 Å². The van der Waals surface area contributed by atoms with Crippen molar-refractivity contribution in [2.24, 2.45) is 0 Å². The molecule has 0 bridgehead atoms. The molecule has 2 aromatic rings. The smallest absolute Gasteiger partial charge is 0.140 e. The highest BCUT2D eigenvalue weighted by Crippen LogP contribution is 2.23. The predicted molar refractivity (Wildman–Crippen MR) is 84.7 cm³/mol. The van der Waals surface area contributed by atoms with Crippen molar-refractivity contribution in [3.8, 4) is 6.07 Å². The molecule has 0 amide bonds. The minimum atomic E-state index is 0.431. The van der Waals surface area contributed by atoms with Crippen LogP contribution in [0, 0.1) is 11.3 Å². The molecule has 1 aliphatic rings. The van der Waals surface area contributed by atoms with Crippen LogP contribution in [0.25, 0.3) is 0 Å². The Morgan fingerprint density at radius 1 is 0.952 bits per heavy atom. The van der Waals surface area contributed by atoms with Crippen molar-refractivity contribution in [3.63, 3.8) is 0 Å². The fraction of sp³-hybridized carbons (Fsp3) is 0.294. The van der Waals surface area contributed by atoms with Gasteiger partial charge in [-0.1, -0.05) is 0 Å². The van der Waals surface area contributed by atoms with Crippen LogP contribution in [0.2, 0.25) is 0 Å². The largest absolute Gasteiger partial charge is 0.372 e. The van der Waals surface area contributed by atoms with Gasteiger partial charge in [-0.3, -0.25) is 0 Å². The molecule has 0 unspecified atom stereocenters. The van der Waals surface area contributed by atoms with Gasteiger partial charge in [-0.05, 0) is 55.7 Å². The molecule has 4 heteroatoms. The van der Waals surface area contributed by atoms with Crippen LogP contribution in [0.4, 0.5) is 17.1 Å². The molecule has 106 valence electrons. The lowest BCUT2D eigenvalue weighted by atomic mass is 10.1. The van der Waals surface area contributed by atoms with Crippen LogP contribution in [0.3, 0.4) is 0 Å². The minimum Gasteiger partial charge on any atom is -0.372 e. The van der Waals surface area contributed by atoms with E-state index in [0.29, 0.717) is 5.69 Å².